The molecule has 2 aromatic carbocycles. The maximum atomic E-state index is 13.6. The van der Waals surface area contributed by atoms with Crippen molar-refractivity contribution in [2.24, 2.45) is 5.73 Å². The van der Waals surface area contributed by atoms with Gasteiger partial charge in [0.05, 0.1) is 5.02 Å². The molecule has 0 bridgehead atoms. The van der Waals surface area contributed by atoms with Crippen molar-refractivity contribution in [3.05, 3.63) is 63.3 Å². The Hall–Kier alpha value is -4.64. The molecule has 1 aliphatic heterocycles. The molecule has 0 aliphatic carbocycles. The number of nitrogens with two attached hydrogens (primary N) is 1. The number of carbonyl (C=O) groups is 3. The van der Waals surface area contributed by atoms with Gasteiger partial charge in [-0.05, 0) is 70.5 Å². The van der Waals surface area contributed by atoms with Crippen LogP contribution < -0.4 is 20.5 Å². The van der Waals surface area contributed by atoms with E-state index in [2.05, 4.69) is 15.0 Å². The number of piperazine rings is 1. The number of para-hydroxylation sites is 1. The molecule has 1 saturated heterocycles. The molecule has 58 heavy (non-hydrogen) atoms. The lowest BCUT2D eigenvalue weighted by Crippen LogP contribution is -2.60. The molecule has 1 amide bonds. The van der Waals surface area contributed by atoms with Crippen LogP contribution in [0.3, 0.4) is 0 Å². The fraction of sp³-hybridized carbons (Fsp3) is 0.441. The van der Waals surface area contributed by atoms with E-state index in [1.807, 2.05) is 36.9 Å². The topological polar surface area (TPSA) is 228 Å². The van der Waals surface area contributed by atoms with Crippen molar-refractivity contribution in [2.75, 3.05) is 39.3 Å². The average molecular weight is 893 g/mol. The van der Waals surface area contributed by atoms with Crippen LogP contribution in [0.1, 0.15) is 37.1 Å². The second kappa shape index (κ2) is 20.4. The Bertz CT molecular complexity index is 2060. The molecular formula is C34H41Cl2F6N7O8S. The first-order valence-electron chi connectivity index (χ1n) is 16.8. The Balaban J connectivity index is 0.000000707. The number of hydrogen-bond acceptors (Lipinski definition) is 9. The quantitative estimate of drug-likeness (QED) is 0.0678. The fourth-order valence-corrected chi connectivity index (χ4v) is 7.38. The van der Waals surface area contributed by atoms with Gasteiger partial charge in [0.25, 0.3) is 0 Å². The Morgan fingerprint density at radius 3 is 2.00 bits per heavy atom. The molecule has 2 heterocycles. The van der Waals surface area contributed by atoms with E-state index in [-0.39, 0.29) is 33.4 Å². The number of aromatic nitrogens is 1. The zero-order chi connectivity index (χ0) is 44.4. The molecule has 4 rings (SSSR count). The molecule has 15 nitrogen and oxygen atoms in total. The molecule has 0 spiro atoms. The number of fused-ring (bicyclic) bond motifs is 1. The maximum absolute atomic E-state index is 13.6. The van der Waals surface area contributed by atoms with Gasteiger partial charge in [-0.2, -0.15) is 31.1 Å². The second-order valence-corrected chi connectivity index (χ2v) is 15.3. The van der Waals surface area contributed by atoms with Crippen molar-refractivity contribution in [3.63, 3.8) is 0 Å². The number of carboxylic acids is 2. The molecule has 1 aromatic heterocycles. The van der Waals surface area contributed by atoms with E-state index >= 15 is 0 Å². The average Bonchev–Trinajstić information content (AvgIpc) is 3.10. The number of aliphatic carboxylic acids is 2. The summed E-state index contributed by atoms with van der Waals surface area (Å²) < 4.78 is 99.3. The number of nitrogens with zero attached hydrogens (tertiary/aromatic N) is 3. The van der Waals surface area contributed by atoms with Crippen LogP contribution in [0.5, 0.6) is 5.75 Å². The predicted octanol–water partition coefficient (Wildman–Crippen LogP) is 5.08. The molecule has 24 heteroatoms. The minimum absolute atomic E-state index is 0.0944. The van der Waals surface area contributed by atoms with Gasteiger partial charge in [-0.3, -0.25) is 10.2 Å². The third-order valence-corrected chi connectivity index (χ3v) is 10.5. The second-order valence-electron chi connectivity index (χ2n) is 12.9. The number of benzene rings is 2. The molecular weight excluding hydrogens is 851 g/mol. The summed E-state index contributed by atoms with van der Waals surface area (Å²) in [5, 5.41) is 26.6. The summed E-state index contributed by atoms with van der Waals surface area (Å²) >= 11 is 13.1. The van der Waals surface area contributed by atoms with Crippen molar-refractivity contribution in [3.8, 4) is 5.75 Å². The summed E-state index contributed by atoms with van der Waals surface area (Å²) in [5.41, 5.74) is 6.91. The molecule has 1 fully saturated rings. The monoisotopic (exact) mass is 891 g/mol. The van der Waals surface area contributed by atoms with E-state index in [4.69, 9.17) is 58.9 Å². The van der Waals surface area contributed by atoms with Crippen LogP contribution in [0.25, 0.3) is 10.9 Å². The zero-order valence-corrected chi connectivity index (χ0v) is 33.6. The van der Waals surface area contributed by atoms with E-state index in [1.54, 1.807) is 11.0 Å². The number of alkyl halides is 6. The van der Waals surface area contributed by atoms with Crippen molar-refractivity contribution in [1.82, 2.24) is 24.8 Å². The number of ether oxygens (including phenoxy) is 1. The van der Waals surface area contributed by atoms with E-state index in [1.165, 1.54) is 26.0 Å². The van der Waals surface area contributed by atoms with Crippen LogP contribution in [0.4, 0.5) is 26.3 Å². The molecule has 0 saturated carbocycles. The first-order chi connectivity index (χ1) is 26.6. The molecule has 1 aliphatic rings. The van der Waals surface area contributed by atoms with Crippen molar-refractivity contribution >= 4 is 67.9 Å². The third-order valence-electron chi connectivity index (χ3n) is 7.92. The van der Waals surface area contributed by atoms with E-state index < -0.39 is 39.9 Å². The van der Waals surface area contributed by atoms with E-state index in [0.29, 0.717) is 56.1 Å². The van der Waals surface area contributed by atoms with Crippen LogP contribution in [-0.2, 0) is 31.0 Å². The number of carboxylic acid groups (broad SMARTS) is 2. The molecule has 0 atom stereocenters. The highest BCUT2D eigenvalue weighted by atomic mass is 35.5. The number of halogens is 8. The summed E-state index contributed by atoms with van der Waals surface area (Å²) in [6.07, 6.45) is -9.41. The van der Waals surface area contributed by atoms with Crippen LogP contribution >= 0.6 is 23.2 Å². The van der Waals surface area contributed by atoms with Crippen molar-refractivity contribution in [1.29, 1.82) is 5.41 Å². The number of hydrogen-bond donors (Lipinski definition) is 6. The summed E-state index contributed by atoms with van der Waals surface area (Å²) in [4.78, 5) is 39.1. The number of nitrogens with one attached hydrogen (secondary N) is 3. The Labute approximate surface area is 339 Å². The molecule has 322 valence electrons. The number of pyridine rings is 1. The summed E-state index contributed by atoms with van der Waals surface area (Å²) in [6, 6.07) is 10.3. The third kappa shape index (κ3) is 14.0. The highest BCUT2D eigenvalue weighted by molar-refractivity contribution is 7.89. The Morgan fingerprint density at radius 2 is 1.48 bits per heavy atom. The van der Waals surface area contributed by atoms with Gasteiger partial charge in [0.15, 0.2) is 5.96 Å². The van der Waals surface area contributed by atoms with Gasteiger partial charge in [0.1, 0.15) is 28.3 Å². The van der Waals surface area contributed by atoms with Crippen LogP contribution in [0.2, 0.25) is 10.0 Å². The van der Waals surface area contributed by atoms with Gasteiger partial charge < -0.3 is 35.8 Å². The largest absolute Gasteiger partial charge is 0.490 e. The van der Waals surface area contributed by atoms with E-state index in [9.17, 15) is 39.6 Å². The lowest BCUT2D eigenvalue weighted by atomic mass is 10.0. The molecule has 3 aromatic rings. The lowest BCUT2D eigenvalue weighted by Gasteiger charge is -2.39. The summed E-state index contributed by atoms with van der Waals surface area (Å²) in [7, 11) is -4.26. The normalized spacial score (nSPS) is 13.5. The van der Waals surface area contributed by atoms with Crippen LogP contribution in [0.15, 0.2) is 41.3 Å². The van der Waals surface area contributed by atoms with Gasteiger partial charge in [-0.25, -0.2) is 23.0 Å². The maximum Gasteiger partial charge on any atom is 0.490 e. The number of sulfonamides is 1. The lowest BCUT2D eigenvalue weighted by molar-refractivity contribution is -0.193. The van der Waals surface area contributed by atoms with Crippen LogP contribution in [0, 0.1) is 19.3 Å². The Morgan fingerprint density at radius 1 is 0.948 bits per heavy atom. The number of aryl methyl sites for hydroxylation is 2. The van der Waals surface area contributed by atoms with Gasteiger partial charge in [-0.15, -0.1) is 0 Å². The predicted molar refractivity (Wildman–Crippen MR) is 201 cm³/mol. The first kappa shape index (κ1) is 49.5. The highest BCUT2D eigenvalue weighted by Gasteiger charge is 2.40. The molecule has 0 radical (unpaired) electrons. The number of amides is 1. The zero-order valence-electron chi connectivity index (χ0n) is 31.3. The van der Waals surface area contributed by atoms with Crippen molar-refractivity contribution < 1.29 is 64.1 Å². The van der Waals surface area contributed by atoms with Gasteiger partial charge >= 0.3 is 24.3 Å². The number of carbonyl (C=O) groups excluding carboxylic acids is 1. The Kier molecular flexibility index (Phi) is 17.4. The molecule has 0 unspecified atom stereocenters. The molecule has 7 N–H and O–H groups in total. The summed E-state index contributed by atoms with van der Waals surface area (Å²) in [6.45, 7) is 9.54. The highest BCUT2D eigenvalue weighted by Crippen LogP contribution is 2.34. The minimum atomic E-state index is -5.08. The first-order valence-corrected chi connectivity index (χ1v) is 19.1. The van der Waals surface area contributed by atoms with Gasteiger partial charge in [-0.1, -0.05) is 35.3 Å². The van der Waals surface area contributed by atoms with Gasteiger partial charge in [0.2, 0.25) is 15.9 Å². The van der Waals surface area contributed by atoms with Crippen LogP contribution in [-0.4, -0.2) is 114 Å². The minimum Gasteiger partial charge on any atom is -0.487 e. The van der Waals surface area contributed by atoms with Gasteiger partial charge in [0, 0.05) is 54.4 Å². The standard InChI is InChI=1S/C30H39Cl2N7O4S.2C2HF3O2/c1-19-17-20(2)36-27-21(19)7-5-8-24(27)43-18-22-23(31)9-10-25(26(22)32)44(41,42)37-30(3,4)28(40)38-13-15-39(16-14-38)29(34)35-12-6-11-33;2*3-2(4,5)1(6)7/h5,7-10,17,37H,6,11-16,18,33H2,1-4H3,(H2,34,35);2*(H,6,7). The smallest absolute Gasteiger partial charge is 0.487 e. The fourth-order valence-electron chi connectivity index (χ4n) is 5.12. The SMILES string of the molecule is Cc1cc(C)c2cccc(OCc3c(Cl)ccc(S(=O)(=O)NC(C)(C)C(=O)N4CCN(C(=N)NCCCN)CC4)c3Cl)c2n1.O=C(O)C(F)(F)F.O=C(O)C(F)(F)F. The van der Waals surface area contributed by atoms with Crippen molar-refractivity contribution in [2.45, 2.75) is 63.5 Å². The summed E-state index contributed by atoms with van der Waals surface area (Å²) in [5.74, 6) is -5.10. The number of guanidine groups is 1. The number of rotatable bonds is 10. The van der Waals surface area contributed by atoms with E-state index in [0.717, 1.165) is 23.1 Å².